The first-order valence-corrected chi connectivity index (χ1v) is 9.59. The molecule has 0 aliphatic rings. The van der Waals surface area contributed by atoms with Crippen molar-refractivity contribution in [2.45, 2.75) is 11.4 Å². The Morgan fingerprint density at radius 3 is 2.76 bits per heavy atom. The fourth-order valence-electron chi connectivity index (χ4n) is 2.24. The van der Waals surface area contributed by atoms with Crippen LogP contribution in [-0.2, 0) is 16.6 Å². The SMILES string of the molecule is COc1ccc(F)cc1S(=O)(=O)NCc1nccnc1-c1ccsc1. The Hall–Kier alpha value is -2.36. The number of thiophene rings is 1. The first kappa shape index (κ1) is 17.5. The molecule has 3 aromatic rings. The van der Waals surface area contributed by atoms with E-state index in [4.69, 9.17) is 4.74 Å². The third-order valence-electron chi connectivity index (χ3n) is 3.41. The van der Waals surface area contributed by atoms with Crippen molar-refractivity contribution in [3.63, 3.8) is 0 Å². The van der Waals surface area contributed by atoms with E-state index in [9.17, 15) is 12.8 Å². The Morgan fingerprint density at radius 2 is 2.04 bits per heavy atom. The standard InChI is InChI=1S/C16H14FN3O3S2/c1-23-14-3-2-12(17)8-15(14)25(21,22)20-9-13-16(19-6-5-18-13)11-4-7-24-10-11/h2-8,10,20H,9H2,1H3. The van der Waals surface area contributed by atoms with Crippen molar-refractivity contribution >= 4 is 21.4 Å². The second-order valence-electron chi connectivity index (χ2n) is 4.98. The summed E-state index contributed by atoms with van der Waals surface area (Å²) in [6.45, 7) is -0.0823. The van der Waals surface area contributed by atoms with Crippen molar-refractivity contribution in [1.82, 2.24) is 14.7 Å². The van der Waals surface area contributed by atoms with Gasteiger partial charge >= 0.3 is 0 Å². The molecule has 25 heavy (non-hydrogen) atoms. The Balaban J connectivity index is 1.88. The zero-order valence-corrected chi connectivity index (χ0v) is 14.8. The van der Waals surface area contributed by atoms with Gasteiger partial charge in [0.1, 0.15) is 16.5 Å². The molecule has 0 radical (unpaired) electrons. The van der Waals surface area contributed by atoms with E-state index < -0.39 is 15.8 Å². The highest BCUT2D eigenvalue weighted by atomic mass is 32.2. The number of sulfonamides is 1. The van der Waals surface area contributed by atoms with Crippen LogP contribution in [0.1, 0.15) is 5.69 Å². The molecular weight excluding hydrogens is 365 g/mol. The molecule has 0 fully saturated rings. The number of benzene rings is 1. The van der Waals surface area contributed by atoms with Gasteiger partial charge in [0.15, 0.2) is 0 Å². The van der Waals surface area contributed by atoms with Gasteiger partial charge in [0.2, 0.25) is 10.0 Å². The van der Waals surface area contributed by atoms with E-state index in [1.807, 2.05) is 16.8 Å². The average molecular weight is 379 g/mol. The summed E-state index contributed by atoms with van der Waals surface area (Å²) in [6, 6.07) is 5.19. The van der Waals surface area contributed by atoms with Crippen molar-refractivity contribution in [1.29, 1.82) is 0 Å². The van der Waals surface area contributed by atoms with Crippen molar-refractivity contribution in [2.75, 3.05) is 7.11 Å². The van der Waals surface area contributed by atoms with Gasteiger partial charge in [-0.1, -0.05) is 0 Å². The number of halogens is 1. The lowest BCUT2D eigenvalue weighted by Crippen LogP contribution is -2.25. The molecule has 3 rings (SSSR count). The second kappa shape index (κ2) is 7.26. The number of nitrogens with zero attached hydrogens (tertiary/aromatic N) is 2. The summed E-state index contributed by atoms with van der Waals surface area (Å²) in [5, 5.41) is 3.80. The second-order valence-corrected chi connectivity index (χ2v) is 7.50. The Morgan fingerprint density at radius 1 is 1.24 bits per heavy atom. The minimum Gasteiger partial charge on any atom is -0.495 e. The van der Waals surface area contributed by atoms with Crippen molar-refractivity contribution in [3.05, 3.63) is 58.9 Å². The molecule has 1 N–H and O–H groups in total. The molecule has 0 saturated heterocycles. The van der Waals surface area contributed by atoms with Gasteiger partial charge in [0.25, 0.3) is 0 Å². The number of ether oxygens (including phenoxy) is 1. The van der Waals surface area contributed by atoms with E-state index in [0.717, 1.165) is 17.7 Å². The Bertz CT molecular complexity index is 976. The third kappa shape index (κ3) is 3.84. The monoisotopic (exact) mass is 379 g/mol. The topological polar surface area (TPSA) is 81.2 Å². The number of methoxy groups -OCH3 is 1. The summed E-state index contributed by atoms with van der Waals surface area (Å²) in [5.74, 6) is -0.606. The first-order valence-electron chi connectivity index (χ1n) is 7.17. The largest absolute Gasteiger partial charge is 0.495 e. The normalized spacial score (nSPS) is 11.4. The molecule has 0 amide bonds. The molecule has 0 unspecified atom stereocenters. The van der Waals surface area contributed by atoms with Gasteiger partial charge in [-0.2, -0.15) is 11.3 Å². The molecular formula is C16H14FN3O3S2. The molecule has 0 aliphatic heterocycles. The number of hydrogen-bond acceptors (Lipinski definition) is 6. The minimum atomic E-state index is -3.99. The van der Waals surface area contributed by atoms with E-state index in [1.54, 1.807) is 6.20 Å². The molecule has 0 saturated carbocycles. The van der Waals surface area contributed by atoms with E-state index >= 15 is 0 Å². The quantitative estimate of drug-likeness (QED) is 0.712. The van der Waals surface area contributed by atoms with Crippen LogP contribution in [0.4, 0.5) is 4.39 Å². The highest BCUT2D eigenvalue weighted by Gasteiger charge is 2.21. The lowest BCUT2D eigenvalue weighted by atomic mass is 10.2. The Kier molecular flexibility index (Phi) is 5.07. The summed E-state index contributed by atoms with van der Waals surface area (Å²) in [5.41, 5.74) is 1.92. The van der Waals surface area contributed by atoms with Crippen molar-refractivity contribution < 1.29 is 17.5 Å². The van der Waals surface area contributed by atoms with Gasteiger partial charge in [-0.15, -0.1) is 0 Å². The highest BCUT2D eigenvalue weighted by Crippen LogP contribution is 2.25. The van der Waals surface area contributed by atoms with Crippen LogP contribution in [0.2, 0.25) is 0 Å². The van der Waals surface area contributed by atoms with Crippen LogP contribution >= 0.6 is 11.3 Å². The summed E-state index contributed by atoms with van der Waals surface area (Å²) in [7, 11) is -2.67. The smallest absolute Gasteiger partial charge is 0.244 e. The van der Waals surface area contributed by atoms with Crippen LogP contribution in [0.15, 0.2) is 52.3 Å². The number of aromatic nitrogens is 2. The molecule has 0 bridgehead atoms. The van der Waals surface area contributed by atoms with Crippen LogP contribution < -0.4 is 9.46 Å². The number of rotatable bonds is 6. The van der Waals surface area contributed by atoms with Gasteiger partial charge in [-0.3, -0.25) is 9.97 Å². The molecule has 2 heterocycles. The molecule has 0 atom stereocenters. The molecule has 9 heteroatoms. The summed E-state index contributed by atoms with van der Waals surface area (Å²) < 4.78 is 46.0. The van der Waals surface area contributed by atoms with Crippen LogP contribution in [0, 0.1) is 5.82 Å². The lowest BCUT2D eigenvalue weighted by Gasteiger charge is -2.11. The van der Waals surface area contributed by atoms with Gasteiger partial charge in [-0.05, 0) is 29.6 Å². The third-order valence-corrected chi connectivity index (χ3v) is 5.52. The van der Waals surface area contributed by atoms with Gasteiger partial charge in [0, 0.05) is 23.3 Å². The maximum absolute atomic E-state index is 13.5. The lowest BCUT2D eigenvalue weighted by molar-refractivity contribution is 0.400. The fourth-order valence-corrected chi connectivity index (χ4v) is 4.04. The van der Waals surface area contributed by atoms with E-state index in [-0.39, 0.29) is 17.2 Å². The summed E-state index contributed by atoms with van der Waals surface area (Å²) in [4.78, 5) is 8.20. The predicted octanol–water partition coefficient (Wildman–Crippen LogP) is 2.83. The molecule has 0 aliphatic carbocycles. The predicted molar refractivity (Wildman–Crippen MR) is 92.3 cm³/mol. The molecule has 130 valence electrons. The van der Waals surface area contributed by atoms with Crippen LogP contribution in [0.25, 0.3) is 11.3 Å². The number of hydrogen-bond donors (Lipinski definition) is 1. The van der Waals surface area contributed by atoms with Gasteiger partial charge in [-0.25, -0.2) is 17.5 Å². The van der Waals surface area contributed by atoms with Crippen molar-refractivity contribution in [3.8, 4) is 17.0 Å². The summed E-state index contributed by atoms with van der Waals surface area (Å²) >= 11 is 1.51. The van der Waals surface area contributed by atoms with Crippen molar-refractivity contribution in [2.24, 2.45) is 0 Å². The van der Waals surface area contributed by atoms with Crippen LogP contribution in [0.5, 0.6) is 5.75 Å². The van der Waals surface area contributed by atoms with E-state index in [1.165, 1.54) is 30.7 Å². The zero-order valence-electron chi connectivity index (χ0n) is 13.1. The maximum Gasteiger partial charge on any atom is 0.244 e. The number of nitrogens with one attached hydrogen (secondary N) is 1. The molecule has 1 aromatic carbocycles. The van der Waals surface area contributed by atoms with Crippen LogP contribution in [-0.4, -0.2) is 25.5 Å². The Labute approximate surface area is 148 Å². The van der Waals surface area contributed by atoms with Crippen LogP contribution in [0.3, 0.4) is 0 Å². The summed E-state index contributed by atoms with van der Waals surface area (Å²) in [6.07, 6.45) is 3.03. The van der Waals surface area contributed by atoms with E-state index in [2.05, 4.69) is 14.7 Å². The first-order chi connectivity index (χ1) is 12.0. The molecule has 0 spiro atoms. The maximum atomic E-state index is 13.5. The van der Waals surface area contributed by atoms with Gasteiger partial charge < -0.3 is 4.74 Å². The minimum absolute atomic E-state index is 0.0612. The average Bonchev–Trinajstić information content (AvgIpc) is 3.15. The van der Waals surface area contributed by atoms with E-state index in [0.29, 0.717) is 11.4 Å². The highest BCUT2D eigenvalue weighted by molar-refractivity contribution is 7.89. The zero-order chi connectivity index (χ0) is 17.9. The fraction of sp³-hybridized carbons (Fsp3) is 0.125. The van der Waals surface area contributed by atoms with Gasteiger partial charge in [0.05, 0.1) is 25.0 Å². The molecule has 2 aromatic heterocycles. The molecule has 6 nitrogen and oxygen atoms in total.